The molecular weight excluding hydrogens is 288 g/mol. The molecule has 0 aliphatic heterocycles. The molecule has 108 valence electrons. The summed E-state index contributed by atoms with van der Waals surface area (Å²) in [6, 6.07) is 10.2. The maximum absolute atomic E-state index is 5.89. The lowest BCUT2D eigenvalue weighted by Gasteiger charge is -2.17. The third-order valence-corrected chi connectivity index (χ3v) is 4.56. The molecule has 0 unspecified atom stereocenters. The average Bonchev–Trinajstić information content (AvgIpc) is 2.83. The lowest BCUT2D eigenvalue weighted by atomic mass is 10.2. The normalized spacial score (nSPS) is 11.2. The summed E-state index contributed by atoms with van der Waals surface area (Å²) < 4.78 is 0. The number of hydrogen-bond donors (Lipinski definition) is 1. The smallest absolute Gasteiger partial charge is 0.0406 e. The summed E-state index contributed by atoms with van der Waals surface area (Å²) in [5.74, 6) is 0. The fraction of sp³-hybridized carbons (Fsp3) is 0.375. The van der Waals surface area contributed by atoms with E-state index in [2.05, 4.69) is 47.8 Å². The van der Waals surface area contributed by atoms with Crippen LogP contribution in [0, 0.1) is 6.92 Å². The molecule has 4 heteroatoms. The van der Waals surface area contributed by atoms with Gasteiger partial charge in [0.1, 0.15) is 0 Å². The van der Waals surface area contributed by atoms with Crippen LogP contribution < -0.4 is 5.32 Å². The van der Waals surface area contributed by atoms with Gasteiger partial charge in [0.15, 0.2) is 0 Å². The van der Waals surface area contributed by atoms with Crippen LogP contribution in [0.3, 0.4) is 0 Å². The highest BCUT2D eigenvalue weighted by atomic mass is 35.5. The van der Waals surface area contributed by atoms with Crippen LogP contribution in [0.2, 0.25) is 5.02 Å². The molecule has 20 heavy (non-hydrogen) atoms. The summed E-state index contributed by atoms with van der Waals surface area (Å²) in [7, 11) is 2.15. The Kier molecular flexibility index (Phi) is 6.05. The molecule has 0 saturated carbocycles. The van der Waals surface area contributed by atoms with Gasteiger partial charge < -0.3 is 10.2 Å². The van der Waals surface area contributed by atoms with E-state index in [1.165, 1.54) is 16.0 Å². The van der Waals surface area contributed by atoms with Gasteiger partial charge in [-0.1, -0.05) is 23.7 Å². The third-order valence-electron chi connectivity index (χ3n) is 3.29. The second kappa shape index (κ2) is 7.79. The Morgan fingerprint density at radius 1 is 1.20 bits per heavy atom. The minimum Gasteiger partial charge on any atom is -0.311 e. The van der Waals surface area contributed by atoms with Crippen molar-refractivity contribution in [3.8, 4) is 0 Å². The number of thiophene rings is 1. The van der Waals surface area contributed by atoms with Crippen LogP contribution in [0.5, 0.6) is 0 Å². The Balaban J connectivity index is 1.66. The molecule has 2 aromatic rings. The van der Waals surface area contributed by atoms with Crippen LogP contribution >= 0.6 is 22.9 Å². The van der Waals surface area contributed by atoms with Crippen LogP contribution in [0.4, 0.5) is 0 Å². The largest absolute Gasteiger partial charge is 0.311 e. The van der Waals surface area contributed by atoms with E-state index in [0.29, 0.717) is 0 Å². The molecule has 0 fully saturated rings. The molecule has 1 aromatic heterocycles. The quantitative estimate of drug-likeness (QED) is 0.780. The van der Waals surface area contributed by atoms with E-state index in [-0.39, 0.29) is 0 Å². The standard InChI is InChI=1S/C16H21ClN2S/c1-13-7-10-20-16(13)11-18-8-9-19(2)12-14-3-5-15(17)6-4-14/h3-7,10,18H,8-9,11-12H2,1-2H3. The van der Waals surface area contributed by atoms with Crippen LogP contribution in [0.25, 0.3) is 0 Å². The molecule has 1 aromatic carbocycles. The van der Waals surface area contributed by atoms with E-state index in [0.717, 1.165) is 31.2 Å². The van der Waals surface area contributed by atoms with Crippen LogP contribution in [0.15, 0.2) is 35.7 Å². The number of nitrogens with one attached hydrogen (secondary N) is 1. The number of hydrogen-bond acceptors (Lipinski definition) is 3. The van der Waals surface area contributed by atoms with E-state index < -0.39 is 0 Å². The summed E-state index contributed by atoms with van der Waals surface area (Å²) in [5, 5.41) is 6.45. The van der Waals surface area contributed by atoms with Crippen LogP contribution in [0.1, 0.15) is 16.0 Å². The van der Waals surface area contributed by atoms with Crippen molar-refractivity contribution < 1.29 is 0 Å². The van der Waals surface area contributed by atoms with E-state index in [4.69, 9.17) is 11.6 Å². The van der Waals surface area contributed by atoms with Gasteiger partial charge in [0.05, 0.1) is 0 Å². The van der Waals surface area contributed by atoms with Gasteiger partial charge in [-0.2, -0.15) is 0 Å². The Morgan fingerprint density at radius 2 is 1.95 bits per heavy atom. The molecule has 0 bridgehead atoms. The molecule has 0 spiro atoms. The molecule has 0 radical (unpaired) electrons. The van der Waals surface area contributed by atoms with Gasteiger partial charge in [0.25, 0.3) is 0 Å². The molecule has 1 N–H and O–H groups in total. The Labute approximate surface area is 130 Å². The zero-order chi connectivity index (χ0) is 14.4. The predicted octanol–water partition coefficient (Wildman–Crippen LogP) is 3.93. The second-order valence-electron chi connectivity index (χ2n) is 5.07. The third kappa shape index (κ3) is 4.91. The molecule has 1 heterocycles. The van der Waals surface area contributed by atoms with Crippen molar-refractivity contribution in [2.45, 2.75) is 20.0 Å². The summed E-state index contributed by atoms with van der Waals surface area (Å²) in [5.41, 5.74) is 2.68. The lowest BCUT2D eigenvalue weighted by molar-refractivity contribution is 0.324. The minimum atomic E-state index is 0.796. The van der Waals surface area contributed by atoms with Crippen molar-refractivity contribution in [3.63, 3.8) is 0 Å². The fourth-order valence-corrected chi connectivity index (χ4v) is 3.04. The van der Waals surface area contributed by atoms with E-state index in [9.17, 15) is 0 Å². The van der Waals surface area contributed by atoms with Crippen molar-refractivity contribution in [3.05, 3.63) is 56.7 Å². The van der Waals surface area contributed by atoms with Gasteiger partial charge in [-0.05, 0) is 48.7 Å². The number of aryl methyl sites for hydroxylation is 1. The Morgan fingerprint density at radius 3 is 2.60 bits per heavy atom. The van der Waals surface area contributed by atoms with Crippen molar-refractivity contribution in [1.82, 2.24) is 10.2 Å². The Bertz CT molecular complexity index is 522. The average molecular weight is 309 g/mol. The molecule has 2 nitrogen and oxygen atoms in total. The van der Waals surface area contributed by atoms with E-state index in [1.54, 1.807) is 0 Å². The highest BCUT2D eigenvalue weighted by Crippen LogP contribution is 2.14. The summed E-state index contributed by atoms with van der Waals surface area (Å²) in [6.07, 6.45) is 0. The predicted molar refractivity (Wildman–Crippen MR) is 88.5 cm³/mol. The monoisotopic (exact) mass is 308 g/mol. The highest BCUT2D eigenvalue weighted by Gasteiger charge is 2.02. The molecule has 0 aliphatic rings. The van der Waals surface area contributed by atoms with Gasteiger partial charge >= 0.3 is 0 Å². The summed E-state index contributed by atoms with van der Waals surface area (Å²) in [6.45, 7) is 6.13. The number of likely N-dealkylation sites (N-methyl/N-ethyl adjacent to an activating group) is 1. The van der Waals surface area contributed by atoms with Crippen molar-refractivity contribution in [2.24, 2.45) is 0 Å². The highest BCUT2D eigenvalue weighted by molar-refractivity contribution is 7.10. The number of benzene rings is 1. The fourth-order valence-electron chi connectivity index (χ4n) is 2.04. The first-order valence-electron chi connectivity index (χ1n) is 6.82. The van der Waals surface area contributed by atoms with Gasteiger partial charge in [0, 0.05) is 36.1 Å². The molecule has 0 amide bonds. The van der Waals surface area contributed by atoms with Crippen LogP contribution in [-0.4, -0.2) is 25.0 Å². The first-order valence-corrected chi connectivity index (χ1v) is 8.07. The van der Waals surface area contributed by atoms with Gasteiger partial charge in [-0.3, -0.25) is 0 Å². The lowest BCUT2D eigenvalue weighted by Crippen LogP contribution is -2.28. The van der Waals surface area contributed by atoms with Crippen molar-refractivity contribution in [2.75, 3.05) is 20.1 Å². The first-order chi connectivity index (χ1) is 9.65. The zero-order valence-electron chi connectivity index (χ0n) is 12.0. The Hall–Kier alpha value is -0.870. The zero-order valence-corrected chi connectivity index (χ0v) is 13.6. The maximum atomic E-state index is 5.89. The topological polar surface area (TPSA) is 15.3 Å². The molecular formula is C16H21ClN2S. The van der Waals surface area contributed by atoms with Crippen molar-refractivity contribution >= 4 is 22.9 Å². The minimum absolute atomic E-state index is 0.796. The molecule has 2 rings (SSSR count). The first kappa shape index (κ1) is 15.5. The maximum Gasteiger partial charge on any atom is 0.0406 e. The van der Waals surface area contributed by atoms with Gasteiger partial charge in [0.2, 0.25) is 0 Å². The molecule has 0 aliphatic carbocycles. The van der Waals surface area contributed by atoms with Gasteiger partial charge in [-0.25, -0.2) is 0 Å². The van der Waals surface area contributed by atoms with E-state index >= 15 is 0 Å². The number of rotatable bonds is 7. The number of nitrogens with zero attached hydrogens (tertiary/aromatic N) is 1. The van der Waals surface area contributed by atoms with Crippen molar-refractivity contribution in [1.29, 1.82) is 0 Å². The summed E-state index contributed by atoms with van der Waals surface area (Å²) >= 11 is 7.71. The molecule has 0 saturated heterocycles. The van der Waals surface area contributed by atoms with Gasteiger partial charge in [-0.15, -0.1) is 11.3 Å². The number of halogens is 1. The molecule has 0 atom stereocenters. The summed E-state index contributed by atoms with van der Waals surface area (Å²) in [4.78, 5) is 3.75. The van der Waals surface area contributed by atoms with Crippen LogP contribution in [-0.2, 0) is 13.1 Å². The van der Waals surface area contributed by atoms with E-state index in [1.807, 2.05) is 23.5 Å². The SMILES string of the molecule is Cc1ccsc1CNCCN(C)Cc1ccc(Cl)cc1. The second-order valence-corrected chi connectivity index (χ2v) is 6.50.